The summed E-state index contributed by atoms with van der Waals surface area (Å²) >= 11 is 0. The van der Waals surface area contributed by atoms with Gasteiger partial charge in [0, 0.05) is 19.5 Å². The molecule has 0 bridgehead atoms. The molecule has 0 aromatic heterocycles. The number of halogens is 1. The van der Waals surface area contributed by atoms with Gasteiger partial charge in [0.1, 0.15) is 5.82 Å². The van der Waals surface area contributed by atoms with Crippen LogP contribution in [0.1, 0.15) is 36.6 Å². The van der Waals surface area contributed by atoms with Crippen LogP contribution in [-0.2, 0) is 4.79 Å². The Balaban J connectivity index is 2.01. The fourth-order valence-electron chi connectivity index (χ4n) is 2.33. The van der Waals surface area contributed by atoms with Crippen molar-refractivity contribution in [3.8, 4) is 0 Å². The van der Waals surface area contributed by atoms with Crippen LogP contribution in [0.5, 0.6) is 0 Å². The number of nitrogens with zero attached hydrogens (tertiary/aromatic N) is 1. The van der Waals surface area contributed by atoms with Gasteiger partial charge in [-0.05, 0) is 30.2 Å². The van der Waals surface area contributed by atoms with E-state index in [2.05, 4.69) is 0 Å². The van der Waals surface area contributed by atoms with Gasteiger partial charge in [0.2, 0.25) is 5.91 Å². The van der Waals surface area contributed by atoms with Crippen LogP contribution in [-0.4, -0.2) is 17.9 Å². The van der Waals surface area contributed by atoms with Crippen LogP contribution in [0.25, 0.3) is 0 Å². The van der Waals surface area contributed by atoms with E-state index in [9.17, 15) is 9.18 Å². The number of carbonyl (C=O) groups excluding carboxylic acids is 1. The van der Waals surface area contributed by atoms with Crippen molar-refractivity contribution < 1.29 is 9.18 Å². The molecule has 116 valence electrons. The first-order valence-corrected chi connectivity index (χ1v) is 7.30. The van der Waals surface area contributed by atoms with Gasteiger partial charge >= 0.3 is 0 Å². The van der Waals surface area contributed by atoms with Crippen molar-refractivity contribution in [1.29, 1.82) is 0 Å². The highest BCUT2D eigenvalue weighted by atomic mass is 19.1. The highest BCUT2D eigenvalue weighted by Crippen LogP contribution is 2.22. The molecule has 2 aromatic rings. The lowest BCUT2D eigenvalue weighted by molar-refractivity contribution is -0.132. The highest BCUT2D eigenvalue weighted by Gasteiger charge is 2.20. The van der Waals surface area contributed by atoms with Gasteiger partial charge < -0.3 is 10.6 Å². The first kappa shape index (κ1) is 16.2. The molecular weight excluding hydrogens is 279 g/mol. The molecule has 2 rings (SSSR count). The van der Waals surface area contributed by atoms with E-state index in [0.29, 0.717) is 0 Å². The van der Waals surface area contributed by atoms with Gasteiger partial charge in [-0.25, -0.2) is 4.39 Å². The summed E-state index contributed by atoms with van der Waals surface area (Å²) in [6.45, 7) is 1.92. The van der Waals surface area contributed by atoms with E-state index >= 15 is 0 Å². The maximum absolute atomic E-state index is 13.0. The molecule has 2 unspecified atom stereocenters. The average molecular weight is 300 g/mol. The van der Waals surface area contributed by atoms with E-state index in [1.54, 1.807) is 24.1 Å². The topological polar surface area (TPSA) is 46.3 Å². The normalized spacial score (nSPS) is 13.5. The Morgan fingerprint density at radius 3 is 2.27 bits per heavy atom. The monoisotopic (exact) mass is 300 g/mol. The number of carbonyl (C=O) groups is 1. The number of rotatable bonds is 5. The number of amides is 1. The minimum absolute atomic E-state index is 0.0341. The smallest absolute Gasteiger partial charge is 0.224 e. The van der Waals surface area contributed by atoms with E-state index in [1.807, 2.05) is 37.3 Å². The second-order valence-corrected chi connectivity index (χ2v) is 5.45. The van der Waals surface area contributed by atoms with Gasteiger partial charge in [-0.1, -0.05) is 42.5 Å². The lowest BCUT2D eigenvalue weighted by Gasteiger charge is -2.26. The average Bonchev–Trinajstić information content (AvgIpc) is 2.55. The predicted octanol–water partition coefficient (Wildman–Crippen LogP) is 3.44. The third-order valence-electron chi connectivity index (χ3n) is 3.95. The lowest BCUT2D eigenvalue weighted by Crippen LogP contribution is -2.32. The van der Waals surface area contributed by atoms with Crippen LogP contribution in [0.2, 0.25) is 0 Å². The zero-order valence-corrected chi connectivity index (χ0v) is 12.9. The molecule has 22 heavy (non-hydrogen) atoms. The van der Waals surface area contributed by atoms with Crippen molar-refractivity contribution in [3.63, 3.8) is 0 Å². The van der Waals surface area contributed by atoms with Crippen molar-refractivity contribution in [2.75, 3.05) is 7.05 Å². The molecule has 0 radical (unpaired) electrons. The molecule has 0 saturated carbocycles. The zero-order valence-electron chi connectivity index (χ0n) is 12.9. The Kier molecular flexibility index (Phi) is 5.28. The summed E-state index contributed by atoms with van der Waals surface area (Å²) in [5.41, 5.74) is 7.93. The molecule has 2 atom stereocenters. The Labute approximate surface area is 130 Å². The number of benzene rings is 2. The number of hydrogen-bond acceptors (Lipinski definition) is 2. The van der Waals surface area contributed by atoms with Crippen LogP contribution in [0.15, 0.2) is 54.6 Å². The summed E-state index contributed by atoms with van der Waals surface area (Å²) in [6.07, 6.45) is 0.242. The molecule has 2 N–H and O–H groups in total. The molecule has 1 amide bonds. The minimum Gasteiger partial charge on any atom is -0.339 e. The quantitative estimate of drug-likeness (QED) is 0.919. The van der Waals surface area contributed by atoms with E-state index < -0.39 is 0 Å². The molecule has 0 heterocycles. The van der Waals surface area contributed by atoms with Crippen molar-refractivity contribution >= 4 is 5.91 Å². The second-order valence-electron chi connectivity index (χ2n) is 5.45. The Morgan fingerprint density at radius 2 is 1.68 bits per heavy atom. The standard InChI is InChI=1S/C18H21FN2O/c1-13(14-8-10-16(19)11-9-14)21(2)18(22)12-17(20)15-6-4-3-5-7-15/h3-11,13,17H,12,20H2,1-2H3. The van der Waals surface area contributed by atoms with Gasteiger partial charge in [0.15, 0.2) is 0 Å². The fourth-order valence-corrected chi connectivity index (χ4v) is 2.33. The van der Waals surface area contributed by atoms with Crippen molar-refractivity contribution in [2.45, 2.75) is 25.4 Å². The van der Waals surface area contributed by atoms with Crippen molar-refractivity contribution in [2.24, 2.45) is 5.73 Å². The minimum atomic E-state index is -0.323. The summed E-state index contributed by atoms with van der Waals surface area (Å²) in [4.78, 5) is 14.0. The Bertz CT molecular complexity index is 613. The summed E-state index contributed by atoms with van der Waals surface area (Å²) < 4.78 is 13.0. The fraction of sp³-hybridized carbons (Fsp3) is 0.278. The summed E-state index contributed by atoms with van der Waals surface area (Å²) in [6, 6.07) is 15.3. The molecule has 0 aliphatic rings. The summed E-state index contributed by atoms with van der Waals surface area (Å²) in [5, 5.41) is 0. The number of nitrogens with two attached hydrogens (primary N) is 1. The van der Waals surface area contributed by atoms with Crippen LogP contribution in [0, 0.1) is 5.82 Å². The third kappa shape index (κ3) is 3.92. The van der Waals surface area contributed by atoms with Gasteiger partial charge in [0.05, 0.1) is 6.04 Å². The van der Waals surface area contributed by atoms with E-state index in [-0.39, 0.29) is 30.2 Å². The van der Waals surface area contributed by atoms with E-state index in [0.717, 1.165) is 11.1 Å². The first-order chi connectivity index (χ1) is 10.5. The van der Waals surface area contributed by atoms with Gasteiger partial charge in [-0.15, -0.1) is 0 Å². The van der Waals surface area contributed by atoms with Gasteiger partial charge in [-0.2, -0.15) is 0 Å². The largest absolute Gasteiger partial charge is 0.339 e. The summed E-state index contributed by atoms with van der Waals surface area (Å²) in [5.74, 6) is -0.316. The maximum atomic E-state index is 13.0. The Morgan fingerprint density at radius 1 is 1.09 bits per heavy atom. The molecule has 0 spiro atoms. The van der Waals surface area contributed by atoms with Crippen LogP contribution in [0.3, 0.4) is 0 Å². The Hall–Kier alpha value is -2.20. The lowest BCUT2D eigenvalue weighted by atomic mass is 10.0. The highest BCUT2D eigenvalue weighted by molar-refractivity contribution is 5.77. The second kappa shape index (κ2) is 7.18. The van der Waals surface area contributed by atoms with Crippen LogP contribution < -0.4 is 5.73 Å². The molecular formula is C18H21FN2O. The number of hydrogen-bond donors (Lipinski definition) is 1. The molecule has 4 heteroatoms. The van der Waals surface area contributed by atoms with E-state index in [1.165, 1.54) is 12.1 Å². The van der Waals surface area contributed by atoms with E-state index in [4.69, 9.17) is 5.73 Å². The first-order valence-electron chi connectivity index (χ1n) is 7.30. The third-order valence-corrected chi connectivity index (χ3v) is 3.95. The molecule has 0 aliphatic carbocycles. The molecule has 0 fully saturated rings. The maximum Gasteiger partial charge on any atom is 0.224 e. The molecule has 2 aromatic carbocycles. The SMILES string of the molecule is CC(c1ccc(F)cc1)N(C)C(=O)CC(N)c1ccccc1. The molecule has 0 aliphatic heterocycles. The van der Waals surface area contributed by atoms with Crippen molar-refractivity contribution in [1.82, 2.24) is 4.90 Å². The zero-order chi connectivity index (χ0) is 16.1. The van der Waals surface area contributed by atoms with Crippen LogP contribution in [0.4, 0.5) is 4.39 Å². The van der Waals surface area contributed by atoms with Crippen molar-refractivity contribution in [3.05, 3.63) is 71.5 Å². The van der Waals surface area contributed by atoms with Gasteiger partial charge in [0.25, 0.3) is 0 Å². The van der Waals surface area contributed by atoms with Crippen LogP contribution >= 0.6 is 0 Å². The summed E-state index contributed by atoms with van der Waals surface area (Å²) in [7, 11) is 1.74. The molecule has 0 saturated heterocycles. The van der Waals surface area contributed by atoms with Gasteiger partial charge in [-0.3, -0.25) is 4.79 Å². The predicted molar refractivity (Wildman–Crippen MR) is 85.6 cm³/mol. The molecule has 3 nitrogen and oxygen atoms in total.